The SMILES string of the molecule is CCN(CCNC(=O)COc1ccc2c(c1)CCC2)CCC(F)(F)F. The number of hydrogen-bond acceptors (Lipinski definition) is 3. The molecule has 1 N–H and O–H groups in total. The Labute approximate surface area is 146 Å². The van der Waals surface area contributed by atoms with Crippen LogP contribution in [0.1, 0.15) is 30.9 Å². The number of alkyl halides is 3. The maximum Gasteiger partial charge on any atom is 0.390 e. The van der Waals surface area contributed by atoms with Crippen molar-refractivity contribution in [2.75, 3.05) is 32.8 Å². The summed E-state index contributed by atoms with van der Waals surface area (Å²) in [6, 6.07) is 5.88. The quantitative estimate of drug-likeness (QED) is 0.738. The van der Waals surface area contributed by atoms with Crippen LogP contribution in [0.25, 0.3) is 0 Å². The summed E-state index contributed by atoms with van der Waals surface area (Å²) < 4.78 is 42.2. The molecular weight excluding hydrogens is 333 g/mol. The van der Waals surface area contributed by atoms with Crippen molar-refractivity contribution in [2.24, 2.45) is 0 Å². The lowest BCUT2D eigenvalue weighted by molar-refractivity contribution is -0.138. The number of fused-ring (bicyclic) bond motifs is 1. The minimum absolute atomic E-state index is 0.0541. The van der Waals surface area contributed by atoms with E-state index in [1.807, 2.05) is 18.2 Å². The summed E-state index contributed by atoms with van der Waals surface area (Å²) in [5, 5.41) is 2.68. The number of carbonyl (C=O) groups is 1. The Balaban J connectivity index is 1.65. The summed E-state index contributed by atoms with van der Waals surface area (Å²) in [4.78, 5) is 13.5. The van der Waals surface area contributed by atoms with Crippen molar-refractivity contribution in [1.29, 1.82) is 0 Å². The average Bonchev–Trinajstić information content (AvgIpc) is 3.02. The Morgan fingerprint density at radius 3 is 2.72 bits per heavy atom. The van der Waals surface area contributed by atoms with Gasteiger partial charge >= 0.3 is 6.18 Å². The topological polar surface area (TPSA) is 41.6 Å². The number of aryl methyl sites for hydroxylation is 2. The van der Waals surface area contributed by atoms with Gasteiger partial charge in [-0.2, -0.15) is 13.2 Å². The Bertz CT molecular complexity index is 576. The second-order valence-electron chi connectivity index (χ2n) is 6.22. The summed E-state index contributed by atoms with van der Waals surface area (Å²) in [5.74, 6) is 0.406. The van der Waals surface area contributed by atoms with Gasteiger partial charge in [0.25, 0.3) is 5.91 Å². The largest absolute Gasteiger partial charge is 0.484 e. The highest BCUT2D eigenvalue weighted by Gasteiger charge is 2.27. The molecule has 0 aliphatic heterocycles. The number of carbonyl (C=O) groups excluding carboxylic acids is 1. The Morgan fingerprint density at radius 2 is 2.00 bits per heavy atom. The van der Waals surface area contributed by atoms with E-state index in [0.29, 0.717) is 25.4 Å². The Kier molecular flexibility index (Phi) is 7.11. The Hall–Kier alpha value is -1.76. The minimum atomic E-state index is -4.15. The van der Waals surface area contributed by atoms with Crippen LogP contribution < -0.4 is 10.1 Å². The van der Waals surface area contributed by atoms with Crippen molar-refractivity contribution in [1.82, 2.24) is 10.2 Å². The van der Waals surface area contributed by atoms with Gasteiger partial charge in [0.2, 0.25) is 0 Å². The summed E-state index contributed by atoms with van der Waals surface area (Å²) in [6.45, 7) is 2.86. The van der Waals surface area contributed by atoms with Gasteiger partial charge in [-0.15, -0.1) is 0 Å². The summed E-state index contributed by atoms with van der Waals surface area (Å²) >= 11 is 0. The van der Waals surface area contributed by atoms with E-state index in [0.717, 1.165) is 19.3 Å². The van der Waals surface area contributed by atoms with Crippen LogP contribution in [-0.4, -0.2) is 49.8 Å². The monoisotopic (exact) mass is 358 g/mol. The molecule has 0 unspecified atom stereocenters. The van der Waals surface area contributed by atoms with E-state index in [1.165, 1.54) is 11.1 Å². The molecule has 0 radical (unpaired) electrons. The van der Waals surface area contributed by atoms with Crippen LogP contribution in [0, 0.1) is 0 Å². The lowest BCUT2D eigenvalue weighted by Gasteiger charge is -2.21. The second-order valence-corrected chi connectivity index (χ2v) is 6.22. The smallest absolute Gasteiger partial charge is 0.390 e. The molecule has 140 valence electrons. The summed E-state index contributed by atoms with van der Waals surface area (Å²) in [7, 11) is 0. The van der Waals surface area contributed by atoms with Crippen LogP contribution in [0.2, 0.25) is 0 Å². The van der Waals surface area contributed by atoms with Crippen molar-refractivity contribution in [3.05, 3.63) is 29.3 Å². The molecule has 1 aliphatic rings. The second kappa shape index (κ2) is 9.08. The highest BCUT2D eigenvalue weighted by atomic mass is 19.4. The van der Waals surface area contributed by atoms with E-state index >= 15 is 0 Å². The number of nitrogens with one attached hydrogen (secondary N) is 1. The van der Waals surface area contributed by atoms with E-state index in [-0.39, 0.29) is 19.1 Å². The van der Waals surface area contributed by atoms with Crippen molar-refractivity contribution in [3.63, 3.8) is 0 Å². The van der Waals surface area contributed by atoms with Gasteiger partial charge in [-0.1, -0.05) is 13.0 Å². The molecule has 1 amide bonds. The number of hydrogen-bond donors (Lipinski definition) is 1. The molecule has 1 aromatic carbocycles. The number of benzene rings is 1. The van der Waals surface area contributed by atoms with Crippen molar-refractivity contribution in [3.8, 4) is 5.75 Å². The number of halogens is 3. The van der Waals surface area contributed by atoms with Crippen LogP contribution >= 0.6 is 0 Å². The Morgan fingerprint density at radius 1 is 1.24 bits per heavy atom. The molecule has 0 spiro atoms. The van der Waals surface area contributed by atoms with Gasteiger partial charge in [-0.25, -0.2) is 0 Å². The molecule has 0 fully saturated rings. The third-order valence-electron chi connectivity index (χ3n) is 4.35. The molecule has 0 bridgehead atoms. The highest BCUT2D eigenvalue weighted by Crippen LogP contribution is 2.25. The lowest BCUT2D eigenvalue weighted by Crippen LogP contribution is -2.38. The number of amides is 1. The normalized spacial score (nSPS) is 13.8. The highest BCUT2D eigenvalue weighted by molar-refractivity contribution is 5.77. The first-order valence-electron chi connectivity index (χ1n) is 8.68. The van der Waals surface area contributed by atoms with Crippen molar-refractivity contribution in [2.45, 2.75) is 38.8 Å². The first-order valence-corrected chi connectivity index (χ1v) is 8.68. The predicted octanol–water partition coefficient (Wildman–Crippen LogP) is 2.94. The fraction of sp³-hybridized carbons (Fsp3) is 0.611. The molecule has 1 aromatic rings. The van der Waals surface area contributed by atoms with Crippen LogP contribution in [0.4, 0.5) is 13.2 Å². The molecule has 0 aromatic heterocycles. The van der Waals surface area contributed by atoms with Gasteiger partial charge in [-0.3, -0.25) is 4.79 Å². The van der Waals surface area contributed by atoms with Gasteiger partial charge in [0.15, 0.2) is 6.61 Å². The van der Waals surface area contributed by atoms with E-state index in [2.05, 4.69) is 5.32 Å². The molecular formula is C18H25F3N2O2. The summed E-state index contributed by atoms with van der Waals surface area (Å²) in [5.41, 5.74) is 2.62. The standard InChI is InChI=1S/C18H25F3N2O2/c1-2-23(10-8-18(19,20)21)11-9-22-17(24)13-25-16-7-6-14-4-3-5-15(14)12-16/h6-7,12H,2-5,8-11,13H2,1H3,(H,22,24). The molecule has 7 heteroatoms. The third-order valence-corrected chi connectivity index (χ3v) is 4.35. The first kappa shape index (κ1) is 19.6. The maximum absolute atomic E-state index is 12.2. The van der Waals surface area contributed by atoms with Gasteiger partial charge in [0, 0.05) is 19.6 Å². The van der Waals surface area contributed by atoms with Crippen LogP contribution in [0.15, 0.2) is 18.2 Å². The zero-order valence-electron chi connectivity index (χ0n) is 14.5. The molecule has 4 nitrogen and oxygen atoms in total. The van der Waals surface area contributed by atoms with E-state index in [9.17, 15) is 18.0 Å². The van der Waals surface area contributed by atoms with Crippen LogP contribution in [-0.2, 0) is 17.6 Å². The van der Waals surface area contributed by atoms with Crippen molar-refractivity contribution < 1.29 is 22.7 Å². The molecule has 0 heterocycles. The number of likely N-dealkylation sites (N-methyl/N-ethyl adjacent to an activating group) is 1. The van der Waals surface area contributed by atoms with Gasteiger partial charge in [0.05, 0.1) is 6.42 Å². The number of nitrogens with zero attached hydrogens (tertiary/aromatic N) is 1. The van der Waals surface area contributed by atoms with Gasteiger partial charge in [-0.05, 0) is 49.1 Å². The fourth-order valence-electron chi connectivity index (χ4n) is 2.90. The number of rotatable bonds is 9. The van der Waals surface area contributed by atoms with E-state index < -0.39 is 12.6 Å². The summed E-state index contributed by atoms with van der Waals surface area (Å²) in [6.07, 6.45) is -1.69. The number of ether oxygens (including phenoxy) is 1. The molecule has 0 saturated heterocycles. The molecule has 25 heavy (non-hydrogen) atoms. The zero-order chi connectivity index (χ0) is 18.3. The van der Waals surface area contributed by atoms with Gasteiger partial charge in [0.1, 0.15) is 5.75 Å². The predicted molar refractivity (Wildman–Crippen MR) is 89.8 cm³/mol. The lowest BCUT2D eigenvalue weighted by atomic mass is 10.1. The molecule has 1 aliphatic carbocycles. The van der Waals surface area contributed by atoms with E-state index in [1.54, 1.807) is 11.8 Å². The molecule has 2 rings (SSSR count). The van der Waals surface area contributed by atoms with Gasteiger partial charge < -0.3 is 15.0 Å². The van der Waals surface area contributed by atoms with Crippen LogP contribution in [0.5, 0.6) is 5.75 Å². The minimum Gasteiger partial charge on any atom is -0.484 e. The molecule has 0 saturated carbocycles. The van der Waals surface area contributed by atoms with E-state index in [4.69, 9.17) is 4.74 Å². The van der Waals surface area contributed by atoms with Crippen LogP contribution in [0.3, 0.4) is 0 Å². The zero-order valence-corrected chi connectivity index (χ0v) is 14.5. The van der Waals surface area contributed by atoms with Crippen molar-refractivity contribution >= 4 is 5.91 Å². The first-order chi connectivity index (χ1) is 11.9. The fourth-order valence-corrected chi connectivity index (χ4v) is 2.90. The molecule has 0 atom stereocenters. The average molecular weight is 358 g/mol. The maximum atomic E-state index is 12.2. The third kappa shape index (κ3) is 6.94.